The Morgan fingerprint density at radius 2 is 2.10 bits per heavy atom. The minimum absolute atomic E-state index is 0.0466. The average Bonchev–Trinajstić information content (AvgIpc) is 2.91. The summed E-state index contributed by atoms with van der Waals surface area (Å²) >= 11 is 0. The average molecular weight is 285 g/mol. The van der Waals surface area contributed by atoms with E-state index in [1.54, 1.807) is 42.1 Å². The molecule has 0 fully saturated rings. The van der Waals surface area contributed by atoms with Crippen molar-refractivity contribution in [1.82, 2.24) is 14.7 Å². The largest absolute Gasteiger partial charge is 0.497 e. The van der Waals surface area contributed by atoms with E-state index in [1.165, 1.54) is 0 Å². The van der Waals surface area contributed by atoms with E-state index >= 15 is 0 Å². The molecule has 0 unspecified atom stereocenters. The van der Waals surface area contributed by atoms with Crippen LogP contribution < -0.4 is 4.74 Å². The Kier molecular flexibility index (Phi) is 4.77. The number of methoxy groups -OCH3 is 1. The molecule has 110 valence electrons. The number of nitrogens with zero attached hydrogens (tertiary/aromatic N) is 3. The quantitative estimate of drug-likeness (QED) is 0.790. The van der Waals surface area contributed by atoms with E-state index in [4.69, 9.17) is 4.74 Å². The zero-order valence-electron chi connectivity index (χ0n) is 12.5. The zero-order chi connectivity index (χ0) is 15.2. The van der Waals surface area contributed by atoms with Crippen LogP contribution in [0.25, 0.3) is 6.08 Å². The Hall–Kier alpha value is -2.56. The summed E-state index contributed by atoms with van der Waals surface area (Å²) in [7, 11) is 5.25. The lowest BCUT2D eigenvalue weighted by Crippen LogP contribution is -2.24. The number of amides is 1. The smallest absolute Gasteiger partial charge is 0.246 e. The second-order valence-corrected chi connectivity index (χ2v) is 4.82. The Morgan fingerprint density at radius 3 is 2.67 bits per heavy atom. The Labute approximate surface area is 124 Å². The summed E-state index contributed by atoms with van der Waals surface area (Å²) in [5.41, 5.74) is 1.96. The number of rotatable bonds is 5. The number of carbonyl (C=O) groups excluding carboxylic acids is 1. The molecule has 0 atom stereocenters. The van der Waals surface area contributed by atoms with Crippen LogP contribution in [0, 0.1) is 0 Å². The van der Waals surface area contributed by atoms with Gasteiger partial charge in [-0.3, -0.25) is 9.48 Å². The molecule has 0 radical (unpaired) electrons. The van der Waals surface area contributed by atoms with E-state index in [1.807, 2.05) is 37.5 Å². The highest BCUT2D eigenvalue weighted by atomic mass is 16.5. The van der Waals surface area contributed by atoms with Gasteiger partial charge in [0.05, 0.1) is 13.3 Å². The number of aryl methyl sites for hydroxylation is 1. The molecule has 1 aromatic heterocycles. The third-order valence-electron chi connectivity index (χ3n) is 3.10. The van der Waals surface area contributed by atoms with Crippen LogP contribution in [0.1, 0.15) is 11.1 Å². The van der Waals surface area contributed by atoms with Crippen molar-refractivity contribution in [2.75, 3.05) is 14.2 Å². The summed E-state index contributed by atoms with van der Waals surface area (Å²) < 4.78 is 6.81. The minimum Gasteiger partial charge on any atom is -0.497 e. The number of ether oxygens (including phenoxy) is 1. The van der Waals surface area contributed by atoms with Crippen LogP contribution >= 0.6 is 0 Å². The van der Waals surface area contributed by atoms with Crippen LogP contribution in [0.2, 0.25) is 0 Å². The van der Waals surface area contributed by atoms with Crippen molar-refractivity contribution in [1.29, 1.82) is 0 Å². The summed E-state index contributed by atoms with van der Waals surface area (Å²) in [6, 6.07) is 7.68. The van der Waals surface area contributed by atoms with Crippen molar-refractivity contribution in [3.8, 4) is 5.75 Å². The molecule has 5 nitrogen and oxygen atoms in total. The van der Waals surface area contributed by atoms with Crippen molar-refractivity contribution in [3.05, 3.63) is 53.9 Å². The fourth-order valence-corrected chi connectivity index (χ4v) is 1.90. The first-order valence-electron chi connectivity index (χ1n) is 6.63. The fraction of sp³-hybridized carbons (Fsp3) is 0.250. The van der Waals surface area contributed by atoms with Crippen LogP contribution in [-0.2, 0) is 18.4 Å². The molecule has 0 saturated carbocycles. The first-order valence-corrected chi connectivity index (χ1v) is 6.63. The van der Waals surface area contributed by atoms with Gasteiger partial charge >= 0.3 is 0 Å². The molecule has 1 amide bonds. The molecule has 5 heteroatoms. The molecule has 1 heterocycles. The number of likely N-dealkylation sites (N-methyl/N-ethyl adjacent to an activating group) is 1. The number of carbonyl (C=O) groups is 1. The molecule has 0 aliphatic carbocycles. The summed E-state index contributed by atoms with van der Waals surface area (Å²) in [6.45, 7) is 0.556. The fourth-order valence-electron chi connectivity index (χ4n) is 1.90. The standard InChI is InChI=1S/C16H19N3O2/c1-18(11-13-4-7-15(21-3)8-5-13)16(20)9-6-14-10-17-19(2)12-14/h4-10,12H,11H2,1-3H3. The molecule has 21 heavy (non-hydrogen) atoms. The third kappa shape index (κ3) is 4.21. The van der Waals surface area contributed by atoms with E-state index in [9.17, 15) is 4.79 Å². The normalized spacial score (nSPS) is 10.8. The maximum Gasteiger partial charge on any atom is 0.246 e. The maximum absolute atomic E-state index is 12.0. The van der Waals surface area contributed by atoms with Crippen molar-refractivity contribution >= 4 is 12.0 Å². The first kappa shape index (κ1) is 14.8. The van der Waals surface area contributed by atoms with Gasteiger partial charge in [0.25, 0.3) is 0 Å². The van der Waals surface area contributed by atoms with Crippen molar-refractivity contribution in [2.24, 2.45) is 7.05 Å². The lowest BCUT2D eigenvalue weighted by molar-refractivity contribution is -0.125. The van der Waals surface area contributed by atoms with Crippen LogP contribution in [0.15, 0.2) is 42.7 Å². The molecule has 0 saturated heterocycles. The highest BCUT2D eigenvalue weighted by Gasteiger charge is 2.06. The first-order chi connectivity index (χ1) is 10.1. The van der Waals surface area contributed by atoms with Gasteiger partial charge in [-0.25, -0.2) is 0 Å². The van der Waals surface area contributed by atoms with E-state index in [-0.39, 0.29) is 5.91 Å². The molecule has 2 aromatic rings. The second-order valence-electron chi connectivity index (χ2n) is 4.82. The van der Waals surface area contributed by atoms with E-state index in [0.29, 0.717) is 6.54 Å². The summed E-state index contributed by atoms with van der Waals surface area (Å²) in [4.78, 5) is 13.7. The molecular weight excluding hydrogens is 266 g/mol. The van der Waals surface area contributed by atoms with Gasteiger partial charge in [-0.2, -0.15) is 5.10 Å². The van der Waals surface area contributed by atoms with Gasteiger partial charge in [0.15, 0.2) is 0 Å². The molecule has 1 aromatic carbocycles. The zero-order valence-corrected chi connectivity index (χ0v) is 12.5. The van der Waals surface area contributed by atoms with E-state index in [2.05, 4.69) is 5.10 Å². The maximum atomic E-state index is 12.0. The van der Waals surface area contributed by atoms with Crippen molar-refractivity contribution < 1.29 is 9.53 Å². The summed E-state index contributed by atoms with van der Waals surface area (Å²) in [5, 5.41) is 4.05. The minimum atomic E-state index is -0.0466. The Balaban J connectivity index is 1.93. The molecule has 0 N–H and O–H groups in total. The predicted octanol–water partition coefficient (Wildman–Crippen LogP) is 2.10. The van der Waals surface area contributed by atoms with E-state index in [0.717, 1.165) is 16.9 Å². The monoisotopic (exact) mass is 285 g/mol. The van der Waals surface area contributed by atoms with Gasteiger partial charge in [-0.15, -0.1) is 0 Å². The molecule has 0 aliphatic heterocycles. The molecule has 0 aliphatic rings. The lowest BCUT2D eigenvalue weighted by Gasteiger charge is -2.15. The lowest BCUT2D eigenvalue weighted by atomic mass is 10.2. The molecule has 0 spiro atoms. The molecular formula is C16H19N3O2. The molecule has 0 bridgehead atoms. The van der Waals surface area contributed by atoms with Crippen LogP contribution in [0.5, 0.6) is 5.75 Å². The number of aromatic nitrogens is 2. The molecule has 2 rings (SSSR count). The van der Waals surface area contributed by atoms with Crippen molar-refractivity contribution in [2.45, 2.75) is 6.54 Å². The highest BCUT2D eigenvalue weighted by Crippen LogP contribution is 2.12. The third-order valence-corrected chi connectivity index (χ3v) is 3.10. The highest BCUT2D eigenvalue weighted by molar-refractivity contribution is 5.91. The van der Waals surface area contributed by atoms with Crippen LogP contribution in [-0.4, -0.2) is 34.7 Å². The van der Waals surface area contributed by atoms with E-state index < -0.39 is 0 Å². The van der Waals surface area contributed by atoms with Crippen LogP contribution in [0.3, 0.4) is 0 Å². The van der Waals surface area contributed by atoms with Gasteiger partial charge in [0.2, 0.25) is 5.91 Å². The number of benzene rings is 1. The topological polar surface area (TPSA) is 47.4 Å². The number of hydrogen-bond donors (Lipinski definition) is 0. The summed E-state index contributed by atoms with van der Waals surface area (Å²) in [5.74, 6) is 0.763. The van der Waals surface area contributed by atoms with Gasteiger partial charge in [-0.05, 0) is 23.8 Å². The van der Waals surface area contributed by atoms with Gasteiger partial charge in [0.1, 0.15) is 5.75 Å². The summed E-state index contributed by atoms with van der Waals surface area (Å²) in [6.07, 6.45) is 6.89. The van der Waals surface area contributed by atoms with Gasteiger partial charge < -0.3 is 9.64 Å². The van der Waals surface area contributed by atoms with Gasteiger partial charge in [-0.1, -0.05) is 12.1 Å². The number of hydrogen-bond acceptors (Lipinski definition) is 3. The second kappa shape index (κ2) is 6.74. The Morgan fingerprint density at radius 1 is 1.38 bits per heavy atom. The Bertz CT molecular complexity index is 629. The van der Waals surface area contributed by atoms with Gasteiger partial charge in [0, 0.05) is 38.5 Å². The SMILES string of the molecule is COc1ccc(CN(C)C(=O)C=Cc2cnn(C)c2)cc1. The van der Waals surface area contributed by atoms with Crippen LogP contribution in [0.4, 0.5) is 0 Å². The predicted molar refractivity (Wildman–Crippen MR) is 81.7 cm³/mol. The van der Waals surface area contributed by atoms with Crippen molar-refractivity contribution in [3.63, 3.8) is 0 Å².